The van der Waals surface area contributed by atoms with Crippen LogP contribution in [0.25, 0.3) is 0 Å². The van der Waals surface area contributed by atoms with Gasteiger partial charge in [0.1, 0.15) is 11.5 Å². The van der Waals surface area contributed by atoms with Crippen molar-refractivity contribution in [1.82, 2.24) is 24.6 Å². The zero-order chi connectivity index (χ0) is 15.4. The molecule has 6 heteroatoms. The number of nitrogens with zero attached hydrogens (tertiary/aromatic N) is 4. The van der Waals surface area contributed by atoms with E-state index in [1.54, 1.807) is 23.1 Å². The average molecular weight is 289 g/mol. The fraction of sp³-hybridized carbons (Fsp3) is 0.533. The largest absolute Gasteiger partial charge is 0.340 e. The number of rotatable bonds is 6. The number of imidazole rings is 1. The van der Waals surface area contributed by atoms with Crippen molar-refractivity contribution in [2.45, 2.75) is 39.8 Å². The molecule has 0 saturated carbocycles. The molecule has 0 aromatic carbocycles. The van der Waals surface area contributed by atoms with Crippen LogP contribution in [0.1, 0.15) is 49.5 Å². The molecule has 0 radical (unpaired) electrons. The van der Waals surface area contributed by atoms with E-state index >= 15 is 0 Å². The molecule has 0 unspecified atom stereocenters. The standard InChI is InChI=1S/C15H23N5O/c1-5-9-20-12(6-7-17-20)15(21)18-13(11(2)3)14-16-8-10-19(14)4/h6-8,10-11,13H,5,9H2,1-4H3,(H,18,21)/t13-/m0/s1. The lowest BCUT2D eigenvalue weighted by molar-refractivity contribution is 0.0911. The molecule has 0 bridgehead atoms. The zero-order valence-electron chi connectivity index (χ0n) is 13.1. The molecule has 1 N–H and O–H groups in total. The van der Waals surface area contributed by atoms with Crippen LogP contribution < -0.4 is 5.32 Å². The van der Waals surface area contributed by atoms with Gasteiger partial charge in [0.05, 0.1) is 6.04 Å². The Kier molecular flexibility index (Phi) is 4.77. The predicted octanol–water partition coefficient (Wildman–Crippen LogP) is 2.15. The molecule has 2 heterocycles. The fourth-order valence-electron chi connectivity index (χ4n) is 2.34. The lowest BCUT2D eigenvalue weighted by Gasteiger charge is -2.22. The molecular weight excluding hydrogens is 266 g/mol. The van der Waals surface area contributed by atoms with Crippen LogP contribution in [0, 0.1) is 5.92 Å². The number of carbonyl (C=O) groups is 1. The van der Waals surface area contributed by atoms with E-state index < -0.39 is 0 Å². The summed E-state index contributed by atoms with van der Waals surface area (Å²) < 4.78 is 3.68. The summed E-state index contributed by atoms with van der Waals surface area (Å²) in [5.41, 5.74) is 0.594. The highest BCUT2D eigenvalue weighted by molar-refractivity contribution is 5.92. The third-order valence-electron chi connectivity index (χ3n) is 3.47. The zero-order valence-corrected chi connectivity index (χ0v) is 13.1. The molecule has 2 aromatic rings. The van der Waals surface area contributed by atoms with E-state index in [9.17, 15) is 4.79 Å². The highest BCUT2D eigenvalue weighted by Gasteiger charge is 2.23. The molecule has 114 valence electrons. The van der Waals surface area contributed by atoms with E-state index in [2.05, 4.69) is 36.2 Å². The van der Waals surface area contributed by atoms with Crippen LogP contribution in [0.4, 0.5) is 0 Å². The summed E-state index contributed by atoms with van der Waals surface area (Å²) in [4.78, 5) is 16.9. The minimum Gasteiger partial charge on any atom is -0.340 e. The van der Waals surface area contributed by atoms with E-state index in [4.69, 9.17) is 0 Å². The molecule has 0 aliphatic rings. The molecule has 0 fully saturated rings. The van der Waals surface area contributed by atoms with Gasteiger partial charge in [-0.05, 0) is 18.4 Å². The summed E-state index contributed by atoms with van der Waals surface area (Å²) in [6.07, 6.45) is 6.24. The van der Waals surface area contributed by atoms with Crippen molar-refractivity contribution in [2.75, 3.05) is 0 Å². The Morgan fingerprint density at radius 1 is 1.38 bits per heavy atom. The van der Waals surface area contributed by atoms with Crippen LogP contribution >= 0.6 is 0 Å². The minimum absolute atomic E-state index is 0.109. The molecule has 2 aromatic heterocycles. The maximum atomic E-state index is 12.5. The lowest BCUT2D eigenvalue weighted by Crippen LogP contribution is -2.34. The summed E-state index contributed by atoms with van der Waals surface area (Å²) in [5, 5.41) is 7.27. The molecule has 0 saturated heterocycles. The maximum Gasteiger partial charge on any atom is 0.270 e. The lowest BCUT2D eigenvalue weighted by atomic mass is 10.0. The van der Waals surface area contributed by atoms with Crippen LogP contribution in [-0.4, -0.2) is 25.2 Å². The first-order valence-corrected chi connectivity index (χ1v) is 7.34. The van der Waals surface area contributed by atoms with Crippen molar-refractivity contribution in [3.63, 3.8) is 0 Å². The first-order valence-electron chi connectivity index (χ1n) is 7.34. The smallest absolute Gasteiger partial charge is 0.270 e. The molecule has 0 aliphatic carbocycles. The second-order valence-electron chi connectivity index (χ2n) is 5.53. The van der Waals surface area contributed by atoms with Crippen molar-refractivity contribution in [3.8, 4) is 0 Å². The normalized spacial score (nSPS) is 12.6. The summed E-state index contributed by atoms with van der Waals surface area (Å²) in [6, 6.07) is 1.63. The summed E-state index contributed by atoms with van der Waals surface area (Å²) in [6.45, 7) is 6.95. The molecule has 2 rings (SSSR count). The van der Waals surface area contributed by atoms with Gasteiger partial charge < -0.3 is 9.88 Å². The Labute approximate surface area is 125 Å². The molecule has 21 heavy (non-hydrogen) atoms. The molecule has 6 nitrogen and oxygen atoms in total. The van der Waals surface area contributed by atoms with E-state index in [-0.39, 0.29) is 17.9 Å². The average Bonchev–Trinajstić information content (AvgIpc) is 3.05. The Morgan fingerprint density at radius 3 is 2.71 bits per heavy atom. The van der Waals surface area contributed by atoms with Crippen molar-refractivity contribution >= 4 is 5.91 Å². The first-order chi connectivity index (χ1) is 10.0. The number of amides is 1. The monoisotopic (exact) mass is 289 g/mol. The topological polar surface area (TPSA) is 64.7 Å². The number of hydrogen-bond donors (Lipinski definition) is 1. The quantitative estimate of drug-likeness (QED) is 0.886. The van der Waals surface area contributed by atoms with Gasteiger partial charge in [-0.25, -0.2) is 4.98 Å². The van der Waals surface area contributed by atoms with Gasteiger partial charge in [-0.3, -0.25) is 9.48 Å². The number of aromatic nitrogens is 4. The van der Waals surface area contributed by atoms with E-state index in [0.29, 0.717) is 5.69 Å². The van der Waals surface area contributed by atoms with Crippen LogP contribution in [0.15, 0.2) is 24.7 Å². The SMILES string of the molecule is CCCn1nccc1C(=O)N[C@H](c1nccn1C)C(C)C. The van der Waals surface area contributed by atoms with Crippen LogP contribution in [-0.2, 0) is 13.6 Å². The van der Waals surface area contributed by atoms with Crippen molar-refractivity contribution in [2.24, 2.45) is 13.0 Å². The maximum absolute atomic E-state index is 12.5. The number of carbonyl (C=O) groups excluding carboxylic acids is 1. The van der Waals surface area contributed by atoms with Gasteiger partial charge >= 0.3 is 0 Å². The number of aryl methyl sites for hydroxylation is 2. The number of hydrogen-bond acceptors (Lipinski definition) is 3. The second-order valence-corrected chi connectivity index (χ2v) is 5.53. The Morgan fingerprint density at radius 2 is 2.14 bits per heavy atom. The highest BCUT2D eigenvalue weighted by Crippen LogP contribution is 2.20. The van der Waals surface area contributed by atoms with Gasteiger partial charge in [-0.2, -0.15) is 5.10 Å². The van der Waals surface area contributed by atoms with Gasteiger partial charge in [0.15, 0.2) is 0 Å². The van der Waals surface area contributed by atoms with Gasteiger partial charge in [-0.15, -0.1) is 0 Å². The Balaban J connectivity index is 2.19. The molecule has 1 amide bonds. The molecule has 0 aliphatic heterocycles. The van der Waals surface area contributed by atoms with Gasteiger partial charge in [-0.1, -0.05) is 20.8 Å². The van der Waals surface area contributed by atoms with Crippen molar-refractivity contribution in [1.29, 1.82) is 0 Å². The van der Waals surface area contributed by atoms with Crippen LogP contribution in [0.2, 0.25) is 0 Å². The number of nitrogens with one attached hydrogen (secondary N) is 1. The fourth-order valence-corrected chi connectivity index (χ4v) is 2.34. The van der Waals surface area contributed by atoms with Gasteiger partial charge in [0.2, 0.25) is 0 Å². The Bertz CT molecular complexity index is 599. The van der Waals surface area contributed by atoms with Crippen molar-refractivity contribution < 1.29 is 4.79 Å². The second kappa shape index (κ2) is 6.56. The predicted molar refractivity (Wildman–Crippen MR) is 80.8 cm³/mol. The summed E-state index contributed by atoms with van der Waals surface area (Å²) in [7, 11) is 1.94. The molecule has 1 atom stereocenters. The third kappa shape index (κ3) is 3.32. The van der Waals surface area contributed by atoms with Gasteiger partial charge in [0, 0.05) is 32.2 Å². The van der Waals surface area contributed by atoms with Crippen molar-refractivity contribution in [3.05, 3.63) is 36.2 Å². The molecule has 0 spiro atoms. The minimum atomic E-state index is -0.123. The van der Waals surface area contributed by atoms with Crippen LogP contribution in [0.5, 0.6) is 0 Å². The van der Waals surface area contributed by atoms with Gasteiger partial charge in [0.25, 0.3) is 5.91 Å². The highest BCUT2D eigenvalue weighted by atomic mass is 16.2. The van der Waals surface area contributed by atoms with E-state index in [1.807, 2.05) is 17.8 Å². The van der Waals surface area contributed by atoms with E-state index in [1.165, 1.54) is 0 Å². The summed E-state index contributed by atoms with van der Waals surface area (Å²) in [5.74, 6) is 1.00. The van der Waals surface area contributed by atoms with E-state index in [0.717, 1.165) is 18.8 Å². The third-order valence-corrected chi connectivity index (χ3v) is 3.47. The molecular formula is C15H23N5O. The van der Waals surface area contributed by atoms with Crippen LogP contribution in [0.3, 0.4) is 0 Å². The summed E-state index contributed by atoms with van der Waals surface area (Å²) >= 11 is 0. The first kappa shape index (κ1) is 15.3. The Hall–Kier alpha value is -2.11.